The molecule has 334 valence electrons. The van der Waals surface area contributed by atoms with Crippen molar-refractivity contribution in [1.82, 2.24) is 33.9 Å². The van der Waals surface area contributed by atoms with Crippen LogP contribution in [-0.2, 0) is 26.1 Å². The number of amidine groups is 1. The number of imidazole rings is 1. The van der Waals surface area contributed by atoms with Crippen LogP contribution >= 0.6 is 7.14 Å². The van der Waals surface area contributed by atoms with Crippen LogP contribution in [0.15, 0.2) is 82.8 Å². The minimum absolute atomic E-state index is 0.0594. The van der Waals surface area contributed by atoms with Crippen molar-refractivity contribution in [2.45, 2.75) is 96.7 Å². The summed E-state index contributed by atoms with van der Waals surface area (Å²) in [5.41, 5.74) is 7.50. The Hall–Kier alpha value is -5.60. The number of hydroxylamine groups is 1. The number of amides is 1. The predicted molar refractivity (Wildman–Crippen MR) is 244 cm³/mol. The molecule has 16 heteroatoms. The van der Waals surface area contributed by atoms with Crippen LogP contribution in [-0.4, -0.2) is 83.7 Å². The maximum Gasteiger partial charge on any atom is 0.338 e. The third kappa shape index (κ3) is 6.81. The first-order valence-corrected chi connectivity index (χ1v) is 24.6. The first-order chi connectivity index (χ1) is 30.4. The van der Waals surface area contributed by atoms with Crippen LogP contribution in [0.3, 0.4) is 0 Å². The van der Waals surface area contributed by atoms with Crippen LogP contribution in [0.4, 0.5) is 4.39 Å². The van der Waals surface area contributed by atoms with Gasteiger partial charge >= 0.3 is 5.69 Å². The number of aliphatic hydroxyl groups excluding tert-OH is 1. The molecule has 2 unspecified atom stereocenters. The molecule has 10 rings (SSSR count). The second-order valence-electron chi connectivity index (χ2n) is 19.1. The fraction of sp³-hybridized carbons (Fsp3) is 0.417. The average molecular weight is 889 g/mol. The summed E-state index contributed by atoms with van der Waals surface area (Å²) in [5.74, 6) is 0.747. The van der Waals surface area contributed by atoms with Crippen molar-refractivity contribution >= 4 is 35.1 Å². The molecule has 3 aromatic carbocycles. The van der Waals surface area contributed by atoms with Gasteiger partial charge in [0.2, 0.25) is 0 Å². The molecule has 5 atom stereocenters. The molecule has 0 radical (unpaired) electrons. The van der Waals surface area contributed by atoms with E-state index in [9.17, 15) is 14.5 Å². The van der Waals surface area contributed by atoms with E-state index >= 15 is 9.18 Å². The van der Waals surface area contributed by atoms with E-state index in [1.807, 2.05) is 17.9 Å². The fourth-order valence-corrected chi connectivity index (χ4v) is 11.3. The molecular weight excluding hydrogens is 835 g/mol. The molecule has 2 N–H and O–H groups in total. The van der Waals surface area contributed by atoms with Crippen molar-refractivity contribution in [2.24, 2.45) is 10.9 Å². The van der Waals surface area contributed by atoms with E-state index < -0.39 is 25.1 Å². The van der Waals surface area contributed by atoms with Gasteiger partial charge in [-0.2, -0.15) is 5.10 Å². The number of halogens is 1. The molecule has 1 amide bonds. The number of carbonyl (C=O) groups excluding carboxylic acids is 1. The van der Waals surface area contributed by atoms with Crippen LogP contribution < -0.4 is 16.5 Å². The first kappa shape index (κ1) is 42.4. The van der Waals surface area contributed by atoms with E-state index in [2.05, 4.69) is 54.0 Å². The molecule has 1 aliphatic carbocycles. The smallest absolute Gasteiger partial charge is 0.338 e. The molecule has 6 aromatic rings. The molecule has 4 aliphatic rings. The van der Waals surface area contributed by atoms with Gasteiger partial charge in [0, 0.05) is 53.7 Å². The Bertz CT molecular complexity index is 3010. The highest BCUT2D eigenvalue weighted by Gasteiger charge is 2.60. The number of ether oxygens (including phenoxy) is 1. The van der Waals surface area contributed by atoms with Crippen molar-refractivity contribution in [3.63, 3.8) is 0 Å². The Balaban J connectivity index is 1.10. The van der Waals surface area contributed by atoms with Crippen LogP contribution in [0.25, 0.3) is 28.1 Å². The summed E-state index contributed by atoms with van der Waals surface area (Å²) in [7, 11) is -2.52. The lowest BCUT2D eigenvalue weighted by Crippen LogP contribution is -2.43. The molecule has 14 nitrogen and oxygen atoms in total. The number of rotatable bonds is 8. The molecule has 3 aliphatic heterocycles. The SMILES string of the molecule is Cc1cc(-n2nc3c(c2-n2ccn(-c4ccc(P(C)(C)=O)cc4)c2=O)[C@H](C)N(C(=O)c2cc4cc(C5CCOC(C)(C)C5)ccc4n2[C@@]2(C4=NC(O)ON4)C[C@@H]2C)CC3)cc(C)c1F. The van der Waals surface area contributed by atoms with E-state index in [1.165, 1.54) is 14.7 Å². The molecule has 64 heavy (non-hydrogen) atoms. The van der Waals surface area contributed by atoms with Crippen LogP contribution in [0.1, 0.15) is 97.4 Å². The number of aromatic nitrogens is 5. The molecule has 1 saturated heterocycles. The van der Waals surface area contributed by atoms with Gasteiger partial charge in [0.15, 0.2) is 5.84 Å². The lowest BCUT2D eigenvalue weighted by atomic mass is 9.83. The zero-order valence-corrected chi connectivity index (χ0v) is 38.3. The summed E-state index contributed by atoms with van der Waals surface area (Å²) in [6, 6.07) is 18.4. The fourth-order valence-electron chi connectivity index (χ4n) is 10.5. The summed E-state index contributed by atoms with van der Waals surface area (Å²) in [4.78, 5) is 41.7. The second kappa shape index (κ2) is 15.0. The minimum atomic E-state index is -2.52. The van der Waals surface area contributed by atoms with Crippen molar-refractivity contribution in [3.05, 3.63) is 123 Å². The normalized spacial score (nSPS) is 24.2. The molecule has 2 fully saturated rings. The third-order valence-electron chi connectivity index (χ3n) is 13.9. The largest absolute Gasteiger partial charge is 0.376 e. The molecule has 3 aromatic heterocycles. The number of fused-ring (bicyclic) bond motifs is 2. The van der Waals surface area contributed by atoms with E-state index in [4.69, 9.17) is 14.7 Å². The average Bonchev–Trinajstić information content (AvgIpc) is 3.74. The van der Waals surface area contributed by atoms with Gasteiger partial charge in [0.1, 0.15) is 30.0 Å². The maximum absolute atomic E-state index is 15.5. The van der Waals surface area contributed by atoms with Gasteiger partial charge in [-0.25, -0.2) is 29.2 Å². The van der Waals surface area contributed by atoms with Gasteiger partial charge in [-0.1, -0.05) is 13.0 Å². The third-order valence-corrected chi connectivity index (χ3v) is 15.5. The van der Waals surface area contributed by atoms with Crippen LogP contribution in [0, 0.1) is 25.6 Å². The Kier molecular flexibility index (Phi) is 9.91. The van der Waals surface area contributed by atoms with Gasteiger partial charge in [0.25, 0.3) is 12.3 Å². The van der Waals surface area contributed by atoms with Gasteiger partial charge in [-0.15, -0.1) is 0 Å². The topological polar surface area (TPSA) is 150 Å². The number of aliphatic imine (C=N–C) groups is 1. The van der Waals surface area contributed by atoms with Gasteiger partial charge in [-0.05, 0) is 150 Å². The molecule has 1 saturated carbocycles. The van der Waals surface area contributed by atoms with Crippen molar-refractivity contribution < 1.29 is 28.4 Å². The number of benzene rings is 3. The monoisotopic (exact) mass is 888 g/mol. The van der Waals surface area contributed by atoms with Crippen LogP contribution in [0.2, 0.25) is 0 Å². The highest BCUT2D eigenvalue weighted by molar-refractivity contribution is 7.70. The Labute approximate surface area is 370 Å². The highest BCUT2D eigenvalue weighted by Crippen LogP contribution is 2.54. The van der Waals surface area contributed by atoms with Gasteiger partial charge in [0.05, 0.1) is 28.7 Å². The van der Waals surface area contributed by atoms with Gasteiger partial charge < -0.3 is 23.9 Å². The highest BCUT2D eigenvalue weighted by atomic mass is 31.2. The summed E-state index contributed by atoms with van der Waals surface area (Å²) in [6.07, 6.45) is 4.85. The Morgan fingerprint density at radius 2 is 1.67 bits per heavy atom. The standard InChI is InChI=1S/C48H54FN8O6P/c1-27-21-35(22-28(2)41(27)49)57-42(55-19-18-54(46(55)60)34-10-12-36(13-11-34)64(7,8)61)40-30(4)53(17-15-37(40)51-57)43(58)39-24-33-23-31(32-16-20-62-47(5,6)26-32)9-14-38(33)56(39)48(25-29(48)3)44-50-45(59)63-52-44/h9-14,18-19,21-24,29-30,32,45,59H,15-17,20,25-26H2,1-8H3,(H,50,52)/t29-,30-,32?,45?,48-/m0/s1. The molecule has 6 heterocycles. The van der Waals surface area contributed by atoms with Crippen LogP contribution in [0.5, 0.6) is 0 Å². The number of nitrogens with one attached hydrogen (secondary N) is 1. The summed E-state index contributed by atoms with van der Waals surface area (Å²) < 4.78 is 40.8. The quantitative estimate of drug-likeness (QED) is 0.153. The minimum Gasteiger partial charge on any atom is -0.376 e. The van der Waals surface area contributed by atoms with E-state index in [0.29, 0.717) is 82.6 Å². The number of hydrogen-bond donors (Lipinski definition) is 2. The second-order valence-corrected chi connectivity index (χ2v) is 22.4. The van der Waals surface area contributed by atoms with Crippen molar-refractivity contribution in [1.29, 1.82) is 0 Å². The predicted octanol–water partition coefficient (Wildman–Crippen LogP) is 7.15. The molecule has 0 spiro atoms. The number of carbonyl (C=O) groups is 1. The molecular formula is C48H54FN8O6P. The zero-order chi connectivity index (χ0) is 45.2. The lowest BCUT2D eigenvalue weighted by molar-refractivity contribution is -0.103. The Morgan fingerprint density at radius 1 is 0.969 bits per heavy atom. The first-order valence-electron chi connectivity index (χ1n) is 22.0. The number of nitrogens with zero attached hydrogens (tertiary/aromatic N) is 7. The van der Waals surface area contributed by atoms with E-state index in [-0.39, 0.29) is 28.9 Å². The number of hydrogen-bond acceptors (Lipinski definition) is 9. The summed E-state index contributed by atoms with van der Waals surface area (Å²) in [6.45, 7) is 16.2. The lowest BCUT2D eigenvalue weighted by Gasteiger charge is -2.35. The summed E-state index contributed by atoms with van der Waals surface area (Å²) >= 11 is 0. The van der Waals surface area contributed by atoms with E-state index in [0.717, 1.165) is 29.4 Å². The van der Waals surface area contributed by atoms with Crippen molar-refractivity contribution in [3.8, 4) is 17.2 Å². The Morgan fingerprint density at radius 3 is 2.31 bits per heavy atom. The zero-order valence-electron chi connectivity index (χ0n) is 37.4. The van der Waals surface area contributed by atoms with E-state index in [1.54, 1.807) is 80.7 Å². The molecule has 0 bridgehead atoms. The number of aliphatic hydroxyl groups is 1. The van der Waals surface area contributed by atoms with Gasteiger partial charge in [-0.3, -0.25) is 13.9 Å². The number of aryl methyl sites for hydroxylation is 2. The van der Waals surface area contributed by atoms with Crippen molar-refractivity contribution in [2.75, 3.05) is 26.5 Å². The maximum atomic E-state index is 15.5. The summed E-state index contributed by atoms with van der Waals surface area (Å²) in [5, 5.41) is 17.1.